The number of amides is 2. The number of thioether (sulfide) groups is 1. The minimum absolute atomic E-state index is 0.0218. The van der Waals surface area contributed by atoms with Gasteiger partial charge in [-0.05, 0) is 22.9 Å². The van der Waals surface area contributed by atoms with Crippen LogP contribution < -0.4 is 11.1 Å². The van der Waals surface area contributed by atoms with Crippen LogP contribution in [0.5, 0.6) is 0 Å². The number of hydrogen-bond donors (Lipinski definition) is 3. The Morgan fingerprint density at radius 3 is 2.64 bits per heavy atom. The van der Waals surface area contributed by atoms with Crippen LogP contribution in [-0.4, -0.2) is 87.4 Å². The van der Waals surface area contributed by atoms with Gasteiger partial charge in [0, 0.05) is 18.2 Å². The van der Waals surface area contributed by atoms with E-state index in [0.717, 1.165) is 16.2 Å². The summed E-state index contributed by atoms with van der Waals surface area (Å²) in [6, 6.07) is -1.09. The summed E-state index contributed by atoms with van der Waals surface area (Å²) < 4.78 is 9.99. The number of ether oxygens (including phenoxy) is 2. The average Bonchev–Trinajstić information content (AvgIpc) is 3.15. The third kappa shape index (κ3) is 5.96. The van der Waals surface area contributed by atoms with Crippen molar-refractivity contribution in [2.45, 2.75) is 25.3 Å². The lowest BCUT2D eigenvalue weighted by Crippen LogP contribution is -2.71. The van der Waals surface area contributed by atoms with E-state index >= 15 is 0 Å². The molecule has 1 saturated heterocycles. The quantitative estimate of drug-likeness (QED) is 0.140. The van der Waals surface area contributed by atoms with Crippen molar-refractivity contribution in [3.8, 4) is 0 Å². The first-order valence-corrected chi connectivity index (χ1v) is 12.8. The highest BCUT2D eigenvalue weighted by Crippen LogP contribution is 2.40. The van der Waals surface area contributed by atoms with Crippen LogP contribution in [-0.2, 0) is 38.3 Å². The number of oxime groups is 1. The number of nitrogens with one attached hydrogen (secondary N) is 1. The Morgan fingerprint density at radius 2 is 2.06 bits per heavy atom. The van der Waals surface area contributed by atoms with Crippen molar-refractivity contribution in [2.75, 3.05) is 31.3 Å². The Labute approximate surface area is 220 Å². The summed E-state index contributed by atoms with van der Waals surface area (Å²) in [6.07, 6.45) is 0. The van der Waals surface area contributed by atoms with E-state index in [1.54, 1.807) is 6.92 Å². The van der Waals surface area contributed by atoms with Crippen molar-refractivity contribution in [1.82, 2.24) is 15.2 Å². The topological polar surface area (TPSA) is 200 Å². The largest absolute Gasteiger partial charge is 0.477 e. The van der Waals surface area contributed by atoms with Crippen LogP contribution in [0.25, 0.3) is 0 Å². The van der Waals surface area contributed by atoms with Gasteiger partial charge < -0.3 is 30.5 Å². The number of carbonyl (C=O) groups excluding carboxylic acids is 4. The molecular weight excluding hydrogens is 586 g/mol. The summed E-state index contributed by atoms with van der Waals surface area (Å²) in [6.45, 7) is 2.08. The molecule has 0 aromatic carbocycles. The van der Waals surface area contributed by atoms with Crippen LogP contribution in [0.1, 0.15) is 19.5 Å². The molecule has 1 fully saturated rings. The maximum absolute atomic E-state index is 13.1. The van der Waals surface area contributed by atoms with E-state index in [0.29, 0.717) is 3.79 Å². The zero-order chi connectivity index (χ0) is 26.6. The summed E-state index contributed by atoms with van der Waals surface area (Å²) in [4.78, 5) is 70.5. The zero-order valence-corrected chi connectivity index (χ0v) is 22.0. The summed E-state index contributed by atoms with van der Waals surface area (Å²) in [5, 5.41) is 15.3. The van der Waals surface area contributed by atoms with Crippen molar-refractivity contribution in [3.63, 3.8) is 0 Å². The SMILES string of the molecule is CCOC(=O)CON=C(C(=O)N[C@@H]1C(=O)N2C(C(=O)O)=C(COC(C)=O)CS[C@H]12)c1nc(N)sc1Br. The number of nitrogens with zero attached hydrogens (tertiary/aromatic N) is 3. The molecule has 2 atom stereocenters. The van der Waals surface area contributed by atoms with Gasteiger partial charge in [-0.1, -0.05) is 16.5 Å². The molecule has 2 amide bonds. The number of carboxylic acid groups (broad SMARTS) is 1. The molecule has 194 valence electrons. The summed E-state index contributed by atoms with van der Waals surface area (Å²) in [5.41, 5.74) is 5.32. The summed E-state index contributed by atoms with van der Waals surface area (Å²) >= 11 is 5.44. The summed E-state index contributed by atoms with van der Waals surface area (Å²) in [7, 11) is 0. The van der Waals surface area contributed by atoms with Crippen molar-refractivity contribution in [2.24, 2.45) is 5.16 Å². The van der Waals surface area contributed by atoms with Crippen molar-refractivity contribution in [1.29, 1.82) is 0 Å². The third-order valence-corrected chi connectivity index (χ3v) is 7.55. The molecule has 2 aliphatic rings. The van der Waals surface area contributed by atoms with E-state index < -0.39 is 47.7 Å². The van der Waals surface area contributed by atoms with Crippen molar-refractivity contribution >= 4 is 79.6 Å². The number of nitrogen functional groups attached to an aromatic ring is 1. The number of halogens is 1. The maximum Gasteiger partial charge on any atom is 0.352 e. The van der Waals surface area contributed by atoms with Crippen LogP contribution in [0.2, 0.25) is 0 Å². The highest BCUT2D eigenvalue weighted by atomic mass is 79.9. The number of rotatable bonds is 10. The molecule has 3 heterocycles. The van der Waals surface area contributed by atoms with Gasteiger partial charge in [0.15, 0.2) is 10.8 Å². The van der Waals surface area contributed by atoms with Crippen LogP contribution in [0.15, 0.2) is 20.2 Å². The Kier molecular flexibility index (Phi) is 8.91. The number of nitrogens with two attached hydrogens (primary N) is 1. The molecule has 0 aliphatic carbocycles. The predicted octanol–water partition coefficient (Wildman–Crippen LogP) is 0.0733. The average molecular weight is 606 g/mol. The number of esters is 2. The lowest BCUT2D eigenvalue weighted by atomic mass is 10.0. The van der Waals surface area contributed by atoms with Gasteiger partial charge in [0.25, 0.3) is 11.8 Å². The second kappa shape index (κ2) is 11.7. The van der Waals surface area contributed by atoms with E-state index in [4.69, 9.17) is 20.0 Å². The van der Waals surface area contributed by atoms with E-state index in [1.165, 1.54) is 18.7 Å². The number of fused-ring (bicyclic) bond motifs is 1. The minimum Gasteiger partial charge on any atom is -0.477 e. The molecular formula is C19H20BrN5O9S2. The van der Waals surface area contributed by atoms with Crippen LogP contribution >= 0.6 is 39.0 Å². The molecule has 3 rings (SSSR count). The lowest BCUT2D eigenvalue weighted by molar-refractivity contribution is -0.150. The first-order chi connectivity index (χ1) is 17.0. The molecule has 36 heavy (non-hydrogen) atoms. The molecule has 14 nitrogen and oxygen atoms in total. The summed E-state index contributed by atoms with van der Waals surface area (Å²) in [5.74, 6) is -4.05. The second-order valence-corrected chi connectivity index (χ2v) is 10.5. The third-order valence-electron chi connectivity index (χ3n) is 4.67. The maximum atomic E-state index is 13.1. The second-order valence-electron chi connectivity index (χ2n) is 7.09. The number of hydrogen-bond acceptors (Lipinski definition) is 13. The molecule has 2 aliphatic heterocycles. The molecule has 1 aromatic rings. The van der Waals surface area contributed by atoms with E-state index in [9.17, 15) is 29.1 Å². The van der Waals surface area contributed by atoms with Crippen molar-refractivity contribution < 1.29 is 43.4 Å². The van der Waals surface area contributed by atoms with Gasteiger partial charge in [-0.25, -0.2) is 14.6 Å². The fourth-order valence-corrected chi connectivity index (χ4v) is 5.86. The van der Waals surface area contributed by atoms with Crippen LogP contribution in [0.4, 0.5) is 5.13 Å². The molecule has 0 bridgehead atoms. The molecule has 17 heteroatoms. The van der Waals surface area contributed by atoms with E-state index in [1.807, 2.05) is 0 Å². The highest BCUT2D eigenvalue weighted by Gasteiger charge is 2.54. The number of aromatic nitrogens is 1. The van der Waals surface area contributed by atoms with Gasteiger partial charge in [0.1, 0.15) is 33.2 Å². The van der Waals surface area contributed by atoms with Gasteiger partial charge >= 0.3 is 17.9 Å². The zero-order valence-electron chi connectivity index (χ0n) is 18.8. The number of β-lactam (4-membered cyclic amide) rings is 1. The van der Waals surface area contributed by atoms with Gasteiger partial charge in [0.2, 0.25) is 6.61 Å². The molecule has 4 N–H and O–H groups in total. The van der Waals surface area contributed by atoms with Crippen LogP contribution in [0.3, 0.4) is 0 Å². The van der Waals surface area contributed by atoms with Gasteiger partial charge in [-0.15, -0.1) is 11.8 Å². The van der Waals surface area contributed by atoms with Gasteiger partial charge in [-0.2, -0.15) is 0 Å². The number of aliphatic carboxylic acids is 1. The molecule has 0 spiro atoms. The lowest BCUT2D eigenvalue weighted by Gasteiger charge is -2.49. The van der Waals surface area contributed by atoms with Gasteiger partial charge in [0.05, 0.1) is 6.61 Å². The molecule has 0 unspecified atom stereocenters. The van der Waals surface area contributed by atoms with Crippen molar-refractivity contribution in [3.05, 3.63) is 20.8 Å². The molecule has 0 radical (unpaired) electrons. The van der Waals surface area contributed by atoms with Gasteiger partial charge in [-0.3, -0.25) is 19.3 Å². The van der Waals surface area contributed by atoms with Crippen LogP contribution in [0, 0.1) is 0 Å². The molecule has 1 aromatic heterocycles. The Balaban J connectivity index is 1.79. The predicted molar refractivity (Wildman–Crippen MR) is 130 cm³/mol. The fraction of sp³-hybridized carbons (Fsp3) is 0.421. The Morgan fingerprint density at radius 1 is 1.33 bits per heavy atom. The molecule has 0 saturated carbocycles. The van der Waals surface area contributed by atoms with E-state index in [-0.39, 0.29) is 46.8 Å². The number of carboxylic acids is 1. The Hall–Kier alpha value is -3.18. The minimum atomic E-state index is -1.36. The normalized spacial score (nSPS) is 19.2. The monoisotopic (exact) mass is 605 g/mol. The smallest absolute Gasteiger partial charge is 0.352 e. The highest BCUT2D eigenvalue weighted by molar-refractivity contribution is 9.11. The first-order valence-electron chi connectivity index (χ1n) is 10.2. The fourth-order valence-electron chi connectivity index (χ4n) is 3.20. The Bertz CT molecular complexity index is 1170. The first kappa shape index (κ1) is 27.4. The standard InChI is InChI=1S/C19H20BrN5O9S2/c1-3-32-9(27)5-34-24-11(10-14(20)36-19(21)23-10)15(28)22-12-16(29)25-13(18(30)31)8(4-33-7(2)26)6-35-17(12)25/h12,17H,3-6H2,1-2H3,(H2,21,23)(H,22,28)(H,30,31)/t12-,17-/m1/s1. The number of anilines is 1. The number of carbonyl (C=O) groups is 5. The van der Waals surface area contributed by atoms with E-state index in [2.05, 4.69) is 31.4 Å². The number of thiazole rings is 1.